The Bertz CT molecular complexity index is 344. The molecule has 2 rings (SSSR count). The Labute approximate surface area is 91.2 Å². The highest BCUT2D eigenvalue weighted by molar-refractivity contribution is 5.46. The topological polar surface area (TPSA) is 38.0 Å². The van der Waals surface area contributed by atoms with Crippen LogP contribution in [0, 0.1) is 0 Å². The van der Waals surface area contributed by atoms with Gasteiger partial charge in [-0.15, -0.1) is 0 Å². The number of allylic oxidation sites excluding steroid dienone is 1. The predicted molar refractivity (Wildman–Crippen MR) is 64.5 cm³/mol. The zero-order valence-electron chi connectivity index (χ0n) is 8.95. The first-order valence-electron chi connectivity index (χ1n) is 5.58. The van der Waals surface area contributed by atoms with Crippen LogP contribution in [0.1, 0.15) is 24.8 Å². The molecule has 0 bridgehead atoms. The molecule has 0 aromatic heterocycles. The summed E-state index contributed by atoms with van der Waals surface area (Å²) >= 11 is 0. The van der Waals surface area contributed by atoms with Crippen molar-refractivity contribution in [1.82, 2.24) is 5.32 Å². The lowest BCUT2D eigenvalue weighted by atomic mass is 10.0. The van der Waals surface area contributed by atoms with Gasteiger partial charge in [0.2, 0.25) is 0 Å². The van der Waals surface area contributed by atoms with Gasteiger partial charge in [-0.2, -0.15) is 0 Å². The van der Waals surface area contributed by atoms with Crippen LogP contribution in [0.3, 0.4) is 0 Å². The summed E-state index contributed by atoms with van der Waals surface area (Å²) in [5.41, 5.74) is 7.97. The van der Waals surface area contributed by atoms with E-state index in [1.165, 1.54) is 18.4 Å². The second kappa shape index (κ2) is 4.99. The number of rotatable bonds is 3. The van der Waals surface area contributed by atoms with Crippen molar-refractivity contribution in [2.24, 2.45) is 0 Å². The summed E-state index contributed by atoms with van der Waals surface area (Å²) in [6.07, 6.45) is 8.10. The maximum Gasteiger partial charge on any atom is 0.0359 e. The Hall–Kier alpha value is -1.28. The predicted octanol–water partition coefficient (Wildman–Crippen LogP) is 2.47. The average molecular weight is 202 g/mol. The van der Waals surface area contributed by atoms with Gasteiger partial charge >= 0.3 is 0 Å². The highest BCUT2D eigenvalue weighted by atomic mass is 14.9. The smallest absolute Gasteiger partial charge is 0.0359 e. The van der Waals surface area contributed by atoms with E-state index >= 15 is 0 Å². The molecule has 0 fully saturated rings. The summed E-state index contributed by atoms with van der Waals surface area (Å²) in [6, 6.07) is 8.67. The fraction of sp³-hybridized carbons (Fsp3) is 0.385. The quantitative estimate of drug-likeness (QED) is 0.583. The SMILES string of the molecule is Nc1ccccc1CNC1CC=CCC1. The molecule has 0 aliphatic heterocycles. The van der Waals surface area contributed by atoms with Gasteiger partial charge in [0, 0.05) is 18.3 Å². The number of nitrogen functional groups attached to an aromatic ring is 1. The van der Waals surface area contributed by atoms with Crippen molar-refractivity contribution in [2.75, 3.05) is 5.73 Å². The molecule has 1 aliphatic rings. The number of anilines is 1. The van der Waals surface area contributed by atoms with Crippen LogP contribution in [0.2, 0.25) is 0 Å². The van der Waals surface area contributed by atoms with Crippen LogP contribution in [0.15, 0.2) is 36.4 Å². The van der Waals surface area contributed by atoms with E-state index in [1.54, 1.807) is 0 Å². The minimum absolute atomic E-state index is 0.620. The van der Waals surface area contributed by atoms with E-state index in [-0.39, 0.29) is 0 Å². The number of benzene rings is 1. The molecule has 1 atom stereocenters. The zero-order chi connectivity index (χ0) is 10.5. The molecular weight excluding hydrogens is 184 g/mol. The zero-order valence-corrected chi connectivity index (χ0v) is 8.95. The van der Waals surface area contributed by atoms with Crippen molar-refractivity contribution in [1.29, 1.82) is 0 Å². The van der Waals surface area contributed by atoms with Crippen molar-refractivity contribution in [3.8, 4) is 0 Å². The van der Waals surface area contributed by atoms with E-state index in [2.05, 4.69) is 23.5 Å². The minimum Gasteiger partial charge on any atom is -0.398 e. The third-order valence-electron chi connectivity index (χ3n) is 2.91. The van der Waals surface area contributed by atoms with Gasteiger partial charge in [0.1, 0.15) is 0 Å². The van der Waals surface area contributed by atoms with E-state index in [9.17, 15) is 0 Å². The molecule has 1 aromatic carbocycles. The van der Waals surface area contributed by atoms with Crippen LogP contribution >= 0.6 is 0 Å². The van der Waals surface area contributed by atoms with E-state index in [0.29, 0.717) is 6.04 Å². The molecule has 3 N–H and O–H groups in total. The molecule has 0 saturated carbocycles. The van der Waals surface area contributed by atoms with Gasteiger partial charge in [0.05, 0.1) is 0 Å². The Balaban J connectivity index is 1.87. The van der Waals surface area contributed by atoms with Gasteiger partial charge in [-0.25, -0.2) is 0 Å². The third kappa shape index (κ3) is 2.83. The third-order valence-corrected chi connectivity index (χ3v) is 2.91. The first-order valence-corrected chi connectivity index (χ1v) is 5.58. The van der Waals surface area contributed by atoms with Gasteiger partial charge < -0.3 is 11.1 Å². The highest BCUT2D eigenvalue weighted by Crippen LogP contribution is 2.14. The minimum atomic E-state index is 0.620. The van der Waals surface area contributed by atoms with Crippen LogP contribution in [0.25, 0.3) is 0 Å². The summed E-state index contributed by atoms with van der Waals surface area (Å²) < 4.78 is 0. The lowest BCUT2D eigenvalue weighted by molar-refractivity contribution is 0.475. The van der Waals surface area contributed by atoms with Crippen molar-refractivity contribution in [3.05, 3.63) is 42.0 Å². The number of hydrogen-bond acceptors (Lipinski definition) is 2. The Kier molecular flexibility index (Phi) is 3.41. The number of hydrogen-bond donors (Lipinski definition) is 2. The van der Waals surface area contributed by atoms with Crippen LogP contribution in [-0.4, -0.2) is 6.04 Å². The highest BCUT2D eigenvalue weighted by Gasteiger charge is 2.08. The van der Waals surface area contributed by atoms with Crippen LogP contribution in [-0.2, 0) is 6.54 Å². The largest absolute Gasteiger partial charge is 0.398 e. The molecule has 0 saturated heterocycles. The summed E-state index contributed by atoms with van der Waals surface area (Å²) in [7, 11) is 0. The van der Waals surface area contributed by atoms with E-state index in [1.807, 2.05) is 18.2 Å². The Morgan fingerprint density at radius 3 is 2.87 bits per heavy atom. The van der Waals surface area contributed by atoms with Crippen molar-refractivity contribution >= 4 is 5.69 Å². The first kappa shape index (κ1) is 10.2. The molecule has 1 aromatic rings. The molecule has 80 valence electrons. The van der Waals surface area contributed by atoms with Crippen molar-refractivity contribution in [2.45, 2.75) is 31.8 Å². The molecule has 2 nitrogen and oxygen atoms in total. The van der Waals surface area contributed by atoms with Gasteiger partial charge in [0.25, 0.3) is 0 Å². The molecule has 0 heterocycles. The summed E-state index contributed by atoms with van der Waals surface area (Å²) in [6.45, 7) is 0.880. The molecule has 0 spiro atoms. The first-order chi connectivity index (χ1) is 7.36. The average Bonchev–Trinajstić information content (AvgIpc) is 2.29. The summed E-state index contributed by atoms with van der Waals surface area (Å²) in [5, 5.41) is 3.55. The second-order valence-electron chi connectivity index (χ2n) is 4.06. The summed E-state index contributed by atoms with van der Waals surface area (Å²) in [5.74, 6) is 0. The van der Waals surface area contributed by atoms with Gasteiger partial charge in [-0.3, -0.25) is 0 Å². The summed E-state index contributed by atoms with van der Waals surface area (Å²) in [4.78, 5) is 0. The molecule has 1 aliphatic carbocycles. The maximum absolute atomic E-state index is 5.88. The fourth-order valence-corrected chi connectivity index (χ4v) is 1.93. The fourth-order valence-electron chi connectivity index (χ4n) is 1.93. The number of para-hydroxylation sites is 1. The van der Waals surface area contributed by atoms with E-state index in [4.69, 9.17) is 5.73 Å². The van der Waals surface area contributed by atoms with Crippen LogP contribution < -0.4 is 11.1 Å². The van der Waals surface area contributed by atoms with E-state index < -0.39 is 0 Å². The molecular formula is C13H18N2. The number of nitrogens with two attached hydrogens (primary N) is 1. The van der Waals surface area contributed by atoms with E-state index in [0.717, 1.165) is 18.7 Å². The lowest BCUT2D eigenvalue weighted by Crippen LogP contribution is -2.29. The molecule has 2 heteroatoms. The standard InChI is InChI=1S/C13H18N2/c14-13-9-5-4-6-11(13)10-15-12-7-2-1-3-8-12/h1-2,4-6,9,12,15H,3,7-8,10,14H2. The monoisotopic (exact) mass is 202 g/mol. The Morgan fingerprint density at radius 1 is 1.27 bits per heavy atom. The van der Waals surface area contributed by atoms with Crippen LogP contribution in [0.5, 0.6) is 0 Å². The molecule has 0 amide bonds. The van der Waals surface area contributed by atoms with Gasteiger partial charge in [-0.05, 0) is 30.9 Å². The normalized spacial score (nSPS) is 20.4. The van der Waals surface area contributed by atoms with Crippen LogP contribution in [0.4, 0.5) is 5.69 Å². The lowest BCUT2D eigenvalue weighted by Gasteiger charge is -2.19. The maximum atomic E-state index is 5.88. The molecule has 1 unspecified atom stereocenters. The van der Waals surface area contributed by atoms with Gasteiger partial charge in [0.15, 0.2) is 0 Å². The molecule has 15 heavy (non-hydrogen) atoms. The van der Waals surface area contributed by atoms with Crippen molar-refractivity contribution in [3.63, 3.8) is 0 Å². The second-order valence-corrected chi connectivity index (χ2v) is 4.06. The number of nitrogens with one attached hydrogen (secondary N) is 1. The Morgan fingerprint density at radius 2 is 2.13 bits per heavy atom. The molecule has 0 radical (unpaired) electrons. The van der Waals surface area contributed by atoms with Crippen molar-refractivity contribution < 1.29 is 0 Å². The van der Waals surface area contributed by atoms with Gasteiger partial charge in [-0.1, -0.05) is 30.4 Å².